The standard InChI is InChI=1S/C26H24S/c1-19-24(21-13-7-4-8-14-21)27-25(22-15-9-5-10-16-22)20(2)26(19,3)23-17-11-6-12-18-23/h4-18H,1-3H3. The fraction of sp³-hybridized carbons (Fsp3) is 0.154. The first kappa shape index (κ1) is 17.9. The molecule has 0 nitrogen and oxygen atoms in total. The number of rotatable bonds is 3. The first-order valence-electron chi connectivity index (χ1n) is 9.39. The Morgan fingerprint density at radius 3 is 1.33 bits per heavy atom. The van der Waals surface area contributed by atoms with Crippen molar-refractivity contribution in [2.24, 2.45) is 0 Å². The first-order valence-corrected chi connectivity index (χ1v) is 10.2. The molecule has 0 N–H and O–H groups in total. The fourth-order valence-corrected chi connectivity index (χ4v) is 5.35. The van der Waals surface area contributed by atoms with E-state index in [0.29, 0.717) is 0 Å². The van der Waals surface area contributed by atoms with Crippen LogP contribution in [-0.4, -0.2) is 0 Å². The lowest BCUT2D eigenvalue weighted by molar-refractivity contribution is 0.662. The fourth-order valence-electron chi connectivity index (χ4n) is 3.92. The molecule has 0 saturated heterocycles. The molecule has 0 aromatic heterocycles. The van der Waals surface area contributed by atoms with Crippen LogP contribution in [0, 0.1) is 0 Å². The van der Waals surface area contributed by atoms with Gasteiger partial charge in [-0.2, -0.15) is 0 Å². The van der Waals surface area contributed by atoms with E-state index < -0.39 is 0 Å². The van der Waals surface area contributed by atoms with Gasteiger partial charge in [0.05, 0.1) is 0 Å². The highest BCUT2D eigenvalue weighted by molar-refractivity contribution is 8.16. The molecule has 4 rings (SSSR count). The summed E-state index contributed by atoms with van der Waals surface area (Å²) in [6.07, 6.45) is 0. The summed E-state index contributed by atoms with van der Waals surface area (Å²) in [6.45, 7) is 6.97. The molecular weight excluding hydrogens is 344 g/mol. The highest BCUT2D eigenvalue weighted by Gasteiger charge is 2.38. The third-order valence-corrected chi connectivity index (χ3v) is 7.30. The van der Waals surface area contributed by atoms with Crippen LogP contribution in [0.4, 0.5) is 0 Å². The van der Waals surface area contributed by atoms with Crippen molar-refractivity contribution in [3.05, 3.63) is 119 Å². The van der Waals surface area contributed by atoms with E-state index in [1.54, 1.807) is 0 Å². The van der Waals surface area contributed by atoms with E-state index in [4.69, 9.17) is 0 Å². The zero-order chi connectivity index (χ0) is 18.9. The van der Waals surface area contributed by atoms with E-state index in [9.17, 15) is 0 Å². The second-order valence-corrected chi connectivity index (χ2v) is 8.25. The molecule has 1 heteroatoms. The predicted octanol–water partition coefficient (Wildman–Crippen LogP) is 7.55. The molecule has 0 radical (unpaired) electrons. The molecule has 134 valence electrons. The number of hydrogen-bond acceptors (Lipinski definition) is 1. The molecule has 3 aromatic rings. The number of thioether (sulfide) groups is 1. The molecular formula is C26H24S. The van der Waals surface area contributed by atoms with Gasteiger partial charge in [0, 0.05) is 15.2 Å². The van der Waals surface area contributed by atoms with Gasteiger partial charge in [-0.05, 0) is 48.6 Å². The van der Waals surface area contributed by atoms with Gasteiger partial charge in [-0.15, -0.1) is 0 Å². The maximum Gasteiger partial charge on any atom is 0.0365 e. The van der Waals surface area contributed by atoms with Crippen LogP contribution in [0.3, 0.4) is 0 Å². The summed E-state index contributed by atoms with van der Waals surface area (Å²) in [7, 11) is 0. The molecule has 0 atom stereocenters. The second-order valence-electron chi connectivity index (χ2n) is 7.23. The van der Waals surface area contributed by atoms with Crippen molar-refractivity contribution in [2.75, 3.05) is 0 Å². The minimum atomic E-state index is -0.122. The molecule has 0 unspecified atom stereocenters. The quantitative estimate of drug-likeness (QED) is 0.460. The van der Waals surface area contributed by atoms with Crippen LogP contribution in [0.15, 0.2) is 102 Å². The lowest BCUT2D eigenvalue weighted by atomic mass is 9.70. The summed E-state index contributed by atoms with van der Waals surface area (Å²) in [5.74, 6) is 0. The van der Waals surface area contributed by atoms with E-state index in [1.165, 1.54) is 37.6 Å². The lowest BCUT2D eigenvalue weighted by Gasteiger charge is -2.40. The van der Waals surface area contributed by atoms with Gasteiger partial charge in [0.1, 0.15) is 0 Å². The summed E-state index contributed by atoms with van der Waals surface area (Å²) in [6, 6.07) is 32.5. The van der Waals surface area contributed by atoms with Crippen molar-refractivity contribution < 1.29 is 0 Å². The van der Waals surface area contributed by atoms with Crippen LogP contribution >= 0.6 is 11.8 Å². The zero-order valence-electron chi connectivity index (χ0n) is 16.1. The molecule has 27 heavy (non-hydrogen) atoms. The highest BCUT2D eigenvalue weighted by atomic mass is 32.2. The Bertz CT molecular complexity index is 934. The Morgan fingerprint density at radius 2 is 0.926 bits per heavy atom. The molecule has 0 bridgehead atoms. The third-order valence-electron chi connectivity index (χ3n) is 5.81. The zero-order valence-corrected chi connectivity index (χ0v) is 16.9. The molecule has 0 saturated carbocycles. The Labute approximate surface area is 166 Å². The van der Waals surface area contributed by atoms with Gasteiger partial charge in [0.15, 0.2) is 0 Å². The van der Waals surface area contributed by atoms with Crippen LogP contribution in [-0.2, 0) is 5.41 Å². The van der Waals surface area contributed by atoms with Crippen molar-refractivity contribution in [3.63, 3.8) is 0 Å². The topological polar surface area (TPSA) is 0 Å². The van der Waals surface area contributed by atoms with E-state index >= 15 is 0 Å². The highest BCUT2D eigenvalue weighted by Crippen LogP contribution is 2.56. The van der Waals surface area contributed by atoms with E-state index in [1.807, 2.05) is 11.8 Å². The Morgan fingerprint density at radius 1 is 0.556 bits per heavy atom. The number of allylic oxidation sites excluding steroid dienone is 2. The van der Waals surface area contributed by atoms with Crippen molar-refractivity contribution in [1.29, 1.82) is 0 Å². The average molecular weight is 369 g/mol. The van der Waals surface area contributed by atoms with E-state index in [2.05, 4.69) is 112 Å². The summed E-state index contributed by atoms with van der Waals surface area (Å²) in [5, 5.41) is 0. The van der Waals surface area contributed by atoms with Crippen molar-refractivity contribution in [2.45, 2.75) is 26.2 Å². The normalized spacial score (nSPS) is 16.6. The molecule has 1 aliphatic rings. The smallest absolute Gasteiger partial charge is 0.0365 e. The van der Waals surface area contributed by atoms with Gasteiger partial charge in [0.2, 0.25) is 0 Å². The maximum atomic E-state index is 2.37. The van der Waals surface area contributed by atoms with Crippen LogP contribution in [0.2, 0.25) is 0 Å². The van der Waals surface area contributed by atoms with Crippen LogP contribution in [0.5, 0.6) is 0 Å². The summed E-state index contributed by atoms with van der Waals surface area (Å²) < 4.78 is 0. The van der Waals surface area contributed by atoms with Gasteiger partial charge >= 0.3 is 0 Å². The molecule has 0 fully saturated rings. The first-order chi connectivity index (χ1) is 13.1. The van der Waals surface area contributed by atoms with Gasteiger partial charge in [0.25, 0.3) is 0 Å². The van der Waals surface area contributed by atoms with Crippen molar-refractivity contribution in [1.82, 2.24) is 0 Å². The minimum absolute atomic E-state index is 0.122. The van der Waals surface area contributed by atoms with Gasteiger partial charge in [-0.1, -0.05) is 103 Å². The second kappa shape index (κ2) is 7.25. The van der Waals surface area contributed by atoms with Crippen LogP contribution < -0.4 is 0 Å². The Balaban J connectivity index is 1.98. The van der Waals surface area contributed by atoms with E-state index in [0.717, 1.165) is 0 Å². The predicted molar refractivity (Wildman–Crippen MR) is 119 cm³/mol. The summed E-state index contributed by atoms with van der Waals surface area (Å²) in [5.41, 5.74) is 6.65. The largest absolute Gasteiger partial charge is 0.0889 e. The summed E-state index contributed by atoms with van der Waals surface area (Å²) in [4.78, 5) is 2.73. The van der Waals surface area contributed by atoms with Gasteiger partial charge < -0.3 is 0 Å². The third kappa shape index (κ3) is 3.07. The van der Waals surface area contributed by atoms with E-state index in [-0.39, 0.29) is 5.41 Å². The maximum absolute atomic E-state index is 2.37. The minimum Gasteiger partial charge on any atom is -0.0889 e. The SMILES string of the molecule is CC1=C(c2ccccc2)SC(c2ccccc2)=C(C)C1(C)c1ccccc1. The Kier molecular flexibility index (Phi) is 4.80. The lowest BCUT2D eigenvalue weighted by Crippen LogP contribution is -2.28. The number of benzene rings is 3. The molecule has 1 heterocycles. The molecule has 0 amide bonds. The Hall–Kier alpha value is -2.51. The van der Waals surface area contributed by atoms with Crippen molar-refractivity contribution in [3.8, 4) is 0 Å². The van der Waals surface area contributed by atoms with Gasteiger partial charge in [-0.3, -0.25) is 0 Å². The summed E-state index contributed by atoms with van der Waals surface area (Å²) >= 11 is 1.91. The molecule has 1 aliphatic heterocycles. The van der Waals surface area contributed by atoms with Crippen molar-refractivity contribution >= 4 is 21.6 Å². The molecule has 3 aromatic carbocycles. The average Bonchev–Trinajstić information content (AvgIpc) is 2.74. The van der Waals surface area contributed by atoms with Crippen LogP contribution in [0.25, 0.3) is 9.81 Å². The van der Waals surface area contributed by atoms with Crippen LogP contribution in [0.1, 0.15) is 37.5 Å². The van der Waals surface area contributed by atoms with Gasteiger partial charge in [-0.25, -0.2) is 0 Å². The molecule has 0 spiro atoms. The monoisotopic (exact) mass is 368 g/mol. The molecule has 0 aliphatic carbocycles. The number of hydrogen-bond donors (Lipinski definition) is 0.